The Morgan fingerprint density at radius 3 is 2.17 bits per heavy atom. The van der Waals surface area contributed by atoms with Crippen LogP contribution < -0.4 is 27.3 Å². The normalized spacial score (nSPS) is 11.7. The van der Waals surface area contributed by atoms with E-state index in [9.17, 15) is 27.2 Å². The number of nitrogens with zero attached hydrogens (tertiary/aromatic N) is 3. The van der Waals surface area contributed by atoms with E-state index in [2.05, 4.69) is 5.32 Å². The number of primary sulfonamides is 1. The molecule has 0 atom stereocenters. The monoisotopic (exact) mass is 611 g/mol. The summed E-state index contributed by atoms with van der Waals surface area (Å²) in [6.45, 7) is 1.47. The highest BCUT2D eigenvalue weighted by atomic mass is 127. The summed E-state index contributed by atoms with van der Waals surface area (Å²) < 4.78 is 41.7. The number of nitrogens with two attached hydrogens (primary N) is 1. The Morgan fingerprint density at radius 1 is 0.971 bits per heavy atom. The van der Waals surface area contributed by atoms with Gasteiger partial charge in [-0.3, -0.25) is 23.3 Å². The Kier molecular flexibility index (Phi) is 6.19. The number of pyridine rings is 1. The topological polar surface area (TPSA) is 138 Å². The molecule has 13 heteroatoms. The summed E-state index contributed by atoms with van der Waals surface area (Å²) in [6.07, 6.45) is 0. The van der Waals surface area contributed by atoms with E-state index in [1.807, 2.05) is 22.6 Å². The van der Waals surface area contributed by atoms with Gasteiger partial charge >= 0.3 is 5.69 Å². The first kappa shape index (κ1) is 24.8. The molecule has 0 aliphatic heterocycles. The van der Waals surface area contributed by atoms with Crippen molar-refractivity contribution in [2.24, 2.45) is 19.2 Å². The lowest BCUT2D eigenvalue weighted by molar-refractivity contribution is 0.598. The van der Waals surface area contributed by atoms with Crippen molar-refractivity contribution >= 4 is 55.0 Å². The molecule has 10 nitrogen and oxygen atoms in total. The van der Waals surface area contributed by atoms with Crippen LogP contribution in [0.2, 0.25) is 0 Å². The molecule has 4 rings (SSSR count). The van der Waals surface area contributed by atoms with Gasteiger partial charge in [-0.2, -0.15) is 0 Å². The molecule has 0 bridgehead atoms. The minimum absolute atomic E-state index is 0.00813. The Labute approximate surface area is 211 Å². The molecule has 0 saturated carbocycles. The van der Waals surface area contributed by atoms with Crippen LogP contribution in [0.15, 0.2) is 61.7 Å². The summed E-state index contributed by atoms with van der Waals surface area (Å²) in [5.41, 5.74) is -1.63. The second-order valence-electron chi connectivity index (χ2n) is 7.83. The highest BCUT2D eigenvalue weighted by molar-refractivity contribution is 14.1. The largest absolute Gasteiger partial charge is 0.338 e. The second kappa shape index (κ2) is 8.73. The summed E-state index contributed by atoms with van der Waals surface area (Å²) in [6, 6.07) is 9.52. The van der Waals surface area contributed by atoms with Crippen LogP contribution in [0.5, 0.6) is 0 Å². The molecule has 2 aromatic carbocycles. The number of rotatable bonds is 4. The van der Waals surface area contributed by atoms with Crippen LogP contribution >= 0.6 is 22.6 Å². The summed E-state index contributed by atoms with van der Waals surface area (Å²) in [5, 5.41) is 7.97. The summed E-state index contributed by atoms with van der Waals surface area (Å²) in [5.74, 6) is -0.604. The van der Waals surface area contributed by atoms with E-state index in [0.717, 1.165) is 9.13 Å². The number of sulfonamides is 1. The number of anilines is 2. The molecule has 35 heavy (non-hydrogen) atoms. The maximum Gasteiger partial charge on any atom is 0.335 e. The number of hydrogen-bond donors (Lipinski definition) is 2. The SMILES string of the molecule is Cc1c(=O)n(C)c(Nc2ccc(I)cc2F)c2c(=O)n(C)c(=O)n(-c3ccc(S(N)(=O)=O)cc3)c12. The lowest BCUT2D eigenvalue weighted by Gasteiger charge is -2.20. The van der Waals surface area contributed by atoms with Crippen molar-refractivity contribution in [1.29, 1.82) is 0 Å². The van der Waals surface area contributed by atoms with E-state index < -0.39 is 32.6 Å². The minimum atomic E-state index is -3.98. The van der Waals surface area contributed by atoms with Crippen LogP contribution in [0.25, 0.3) is 16.6 Å². The molecule has 0 spiro atoms. The molecule has 0 saturated heterocycles. The molecule has 2 heterocycles. The van der Waals surface area contributed by atoms with Crippen LogP contribution in [-0.2, 0) is 24.1 Å². The first-order chi connectivity index (χ1) is 16.3. The smallest absolute Gasteiger partial charge is 0.335 e. The van der Waals surface area contributed by atoms with Crippen molar-refractivity contribution in [2.75, 3.05) is 5.32 Å². The summed E-state index contributed by atoms with van der Waals surface area (Å²) in [7, 11) is -1.28. The van der Waals surface area contributed by atoms with Crippen LogP contribution in [0.1, 0.15) is 5.56 Å². The van der Waals surface area contributed by atoms with E-state index in [1.54, 1.807) is 6.07 Å². The zero-order valence-corrected chi connectivity index (χ0v) is 21.6. The minimum Gasteiger partial charge on any atom is -0.338 e. The summed E-state index contributed by atoms with van der Waals surface area (Å²) >= 11 is 1.95. The highest BCUT2D eigenvalue weighted by Crippen LogP contribution is 2.27. The Morgan fingerprint density at radius 2 is 1.60 bits per heavy atom. The van der Waals surface area contributed by atoms with Crippen molar-refractivity contribution in [2.45, 2.75) is 11.8 Å². The maximum atomic E-state index is 14.6. The average molecular weight is 611 g/mol. The van der Waals surface area contributed by atoms with Gasteiger partial charge in [0.05, 0.1) is 21.8 Å². The van der Waals surface area contributed by atoms with Crippen molar-refractivity contribution in [1.82, 2.24) is 13.7 Å². The van der Waals surface area contributed by atoms with E-state index in [4.69, 9.17) is 5.14 Å². The van der Waals surface area contributed by atoms with Crippen molar-refractivity contribution in [3.05, 3.63) is 88.6 Å². The van der Waals surface area contributed by atoms with E-state index in [-0.39, 0.29) is 38.6 Å². The predicted molar refractivity (Wildman–Crippen MR) is 139 cm³/mol. The highest BCUT2D eigenvalue weighted by Gasteiger charge is 2.23. The number of fused-ring (bicyclic) bond motifs is 1. The van der Waals surface area contributed by atoms with Gasteiger partial charge in [0.1, 0.15) is 17.0 Å². The van der Waals surface area contributed by atoms with Gasteiger partial charge in [-0.15, -0.1) is 0 Å². The van der Waals surface area contributed by atoms with Gasteiger partial charge in [0.15, 0.2) is 0 Å². The molecule has 2 aromatic heterocycles. The van der Waals surface area contributed by atoms with Gasteiger partial charge in [-0.25, -0.2) is 22.7 Å². The van der Waals surface area contributed by atoms with Gasteiger partial charge in [0, 0.05) is 23.2 Å². The number of nitrogens with one attached hydrogen (secondary N) is 1. The lowest BCUT2D eigenvalue weighted by Crippen LogP contribution is -2.40. The quantitative estimate of drug-likeness (QED) is 0.338. The van der Waals surface area contributed by atoms with Crippen LogP contribution in [0.3, 0.4) is 0 Å². The van der Waals surface area contributed by atoms with Crippen molar-refractivity contribution in [3.8, 4) is 5.69 Å². The molecule has 4 aromatic rings. The zero-order valence-electron chi connectivity index (χ0n) is 18.7. The lowest BCUT2D eigenvalue weighted by atomic mass is 10.1. The number of halogens is 2. The van der Waals surface area contributed by atoms with Gasteiger partial charge in [0.2, 0.25) is 10.0 Å². The van der Waals surface area contributed by atoms with Gasteiger partial charge in [-0.05, 0) is 72.0 Å². The average Bonchev–Trinajstić information content (AvgIpc) is 2.80. The third kappa shape index (κ3) is 4.19. The molecule has 0 aliphatic rings. The van der Waals surface area contributed by atoms with Crippen molar-refractivity contribution < 1.29 is 12.8 Å². The third-order valence-corrected chi connectivity index (χ3v) is 7.22. The van der Waals surface area contributed by atoms with E-state index >= 15 is 0 Å². The fraction of sp³-hybridized carbons (Fsp3) is 0.136. The number of aromatic nitrogens is 3. The van der Waals surface area contributed by atoms with E-state index in [1.165, 1.54) is 62.0 Å². The third-order valence-electron chi connectivity index (χ3n) is 5.62. The molecule has 182 valence electrons. The molecule has 0 unspecified atom stereocenters. The first-order valence-corrected chi connectivity index (χ1v) is 12.7. The Balaban J connectivity index is 2.13. The number of hydrogen-bond acceptors (Lipinski definition) is 6. The molecule has 0 aliphatic carbocycles. The Bertz CT molecular complexity index is 1810. The Hall–Kier alpha value is -3.30. The summed E-state index contributed by atoms with van der Waals surface area (Å²) in [4.78, 5) is 39.4. The van der Waals surface area contributed by atoms with Gasteiger partial charge in [-0.1, -0.05) is 0 Å². The molecular formula is C22H19FIN5O5S. The van der Waals surface area contributed by atoms with Crippen LogP contribution in [0.4, 0.5) is 15.9 Å². The van der Waals surface area contributed by atoms with Crippen molar-refractivity contribution in [3.63, 3.8) is 0 Å². The van der Waals surface area contributed by atoms with Gasteiger partial charge in [0.25, 0.3) is 11.1 Å². The van der Waals surface area contributed by atoms with Gasteiger partial charge < -0.3 is 5.32 Å². The number of aryl methyl sites for hydroxylation is 1. The molecular weight excluding hydrogens is 592 g/mol. The zero-order chi connectivity index (χ0) is 25.8. The van der Waals surface area contributed by atoms with E-state index in [0.29, 0.717) is 3.57 Å². The van der Waals surface area contributed by atoms with Crippen LogP contribution in [-0.4, -0.2) is 22.1 Å². The molecule has 0 fully saturated rings. The van der Waals surface area contributed by atoms with Crippen LogP contribution in [0, 0.1) is 16.3 Å². The molecule has 0 radical (unpaired) electrons. The molecule has 0 amide bonds. The maximum absolute atomic E-state index is 14.6. The standard InChI is InChI=1S/C22H19FIN5O5S/c1-11-18-17(19(27(2)20(11)30)26-16-9-4-12(24)10-15(16)23)21(31)28(3)22(32)29(18)13-5-7-14(8-6-13)35(25,33)34/h4-10,26H,1-3H3,(H2,25,33,34). The fourth-order valence-corrected chi connectivity index (χ4v) is 4.76. The predicted octanol–water partition coefficient (Wildman–Crippen LogP) is 1.83. The fourth-order valence-electron chi connectivity index (χ4n) is 3.79. The number of benzene rings is 2. The second-order valence-corrected chi connectivity index (χ2v) is 10.6. The first-order valence-electron chi connectivity index (χ1n) is 10.0. The molecule has 3 N–H and O–H groups in total.